The third-order valence-electron chi connectivity index (χ3n) is 6.03. The molecule has 2 saturated heterocycles. The molecule has 2 N–H and O–H groups in total. The number of carbonyl (C=O) groups excluding carboxylic acids is 2. The molecular weight excluding hydrogens is 438 g/mol. The fraction of sp³-hybridized carbons (Fsp3) is 0.417. The van der Waals surface area contributed by atoms with Crippen molar-refractivity contribution >= 4 is 34.6 Å². The van der Waals surface area contributed by atoms with Crippen LogP contribution in [0, 0.1) is 10.1 Å². The van der Waals surface area contributed by atoms with Gasteiger partial charge in [-0.3, -0.25) is 24.6 Å². The van der Waals surface area contributed by atoms with Crippen molar-refractivity contribution in [3.05, 3.63) is 58.1 Å². The lowest BCUT2D eigenvalue weighted by molar-refractivity contribution is -0.384. The summed E-state index contributed by atoms with van der Waals surface area (Å²) in [6, 6.07) is 11.2. The highest BCUT2D eigenvalue weighted by Crippen LogP contribution is 2.29. The number of amides is 2. The minimum absolute atomic E-state index is 0.110. The van der Waals surface area contributed by atoms with Crippen molar-refractivity contribution in [1.29, 1.82) is 0 Å². The summed E-state index contributed by atoms with van der Waals surface area (Å²) >= 11 is 0. The second kappa shape index (κ2) is 11.1. The predicted octanol–water partition coefficient (Wildman–Crippen LogP) is 3.11. The number of hydrogen-bond donors (Lipinski definition) is 2. The maximum absolute atomic E-state index is 13.1. The van der Waals surface area contributed by atoms with Gasteiger partial charge < -0.3 is 20.3 Å². The van der Waals surface area contributed by atoms with E-state index < -0.39 is 10.8 Å². The summed E-state index contributed by atoms with van der Waals surface area (Å²) in [4.78, 5) is 40.3. The number of nitrogens with one attached hydrogen (secondary N) is 2. The van der Waals surface area contributed by atoms with Gasteiger partial charge >= 0.3 is 0 Å². The van der Waals surface area contributed by atoms with Gasteiger partial charge in [0.15, 0.2) is 0 Å². The van der Waals surface area contributed by atoms with Crippen LogP contribution >= 0.6 is 0 Å². The first-order valence-corrected chi connectivity index (χ1v) is 11.5. The second-order valence-electron chi connectivity index (χ2n) is 8.47. The summed E-state index contributed by atoms with van der Waals surface area (Å²) in [6.45, 7) is 4.66. The van der Waals surface area contributed by atoms with E-state index >= 15 is 0 Å². The largest absolute Gasteiger partial charge is 0.379 e. The van der Waals surface area contributed by atoms with Crippen LogP contribution in [0.1, 0.15) is 29.6 Å². The van der Waals surface area contributed by atoms with Crippen molar-refractivity contribution in [3.8, 4) is 0 Å². The van der Waals surface area contributed by atoms with Gasteiger partial charge in [-0.05, 0) is 49.6 Å². The molecule has 0 aliphatic carbocycles. The molecule has 2 amide bonds. The highest BCUT2D eigenvalue weighted by Gasteiger charge is 2.22. The SMILES string of the molecule is O=C(CN1CCOCC1)Nc1ccc(NC(=O)c2cc([N+](=O)[O-])ccc2N2CCCCC2)cc1. The number of morpholine rings is 1. The van der Waals surface area contributed by atoms with Gasteiger partial charge in [-0.25, -0.2) is 0 Å². The Morgan fingerprint density at radius 1 is 0.912 bits per heavy atom. The van der Waals surface area contributed by atoms with Crippen LogP contribution in [0.4, 0.5) is 22.7 Å². The molecule has 180 valence electrons. The number of carbonyl (C=O) groups is 2. The Bertz CT molecular complexity index is 1030. The summed E-state index contributed by atoms with van der Waals surface area (Å²) in [6.07, 6.45) is 3.19. The minimum atomic E-state index is -0.495. The molecule has 0 spiro atoms. The van der Waals surface area contributed by atoms with Gasteiger partial charge in [-0.15, -0.1) is 0 Å². The predicted molar refractivity (Wildman–Crippen MR) is 129 cm³/mol. The van der Waals surface area contributed by atoms with Gasteiger partial charge in [-0.2, -0.15) is 0 Å². The van der Waals surface area contributed by atoms with Crippen LogP contribution in [-0.2, 0) is 9.53 Å². The number of benzene rings is 2. The summed E-state index contributed by atoms with van der Waals surface area (Å²) in [5, 5.41) is 17.0. The van der Waals surface area contributed by atoms with Crippen LogP contribution in [0.15, 0.2) is 42.5 Å². The first-order valence-electron chi connectivity index (χ1n) is 11.5. The molecule has 10 nitrogen and oxygen atoms in total. The van der Waals surface area contributed by atoms with Gasteiger partial charge in [0.1, 0.15) is 0 Å². The Kier molecular flexibility index (Phi) is 7.71. The number of rotatable bonds is 7. The average molecular weight is 468 g/mol. The highest BCUT2D eigenvalue weighted by atomic mass is 16.6. The molecule has 2 fully saturated rings. The lowest BCUT2D eigenvalue weighted by atomic mass is 10.1. The molecule has 0 bridgehead atoms. The molecule has 0 atom stereocenters. The average Bonchev–Trinajstić information content (AvgIpc) is 2.86. The standard InChI is InChI=1S/C24H29N5O5/c30-23(17-27-12-14-34-15-13-27)25-18-4-6-19(7-5-18)26-24(31)21-16-20(29(32)33)8-9-22(21)28-10-2-1-3-11-28/h4-9,16H,1-3,10-15,17H2,(H,25,30)(H,26,31). The van der Waals surface area contributed by atoms with E-state index in [0.717, 1.165) is 45.4 Å². The van der Waals surface area contributed by atoms with Crippen LogP contribution in [-0.4, -0.2) is 67.6 Å². The Morgan fingerprint density at radius 2 is 1.56 bits per heavy atom. The van der Waals surface area contributed by atoms with Crippen LogP contribution in [0.3, 0.4) is 0 Å². The normalized spacial score (nSPS) is 16.6. The van der Waals surface area contributed by atoms with E-state index in [2.05, 4.69) is 15.5 Å². The fourth-order valence-electron chi connectivity index (χ4n) is 4.23. The van der Waals surface area contributed by atoms with Gasteiger partial charge in [0, 0.05) is 49.7 Å². The van der Waals surface area contributed by atoms with E-state index in [1.165, 1.54) is 12.1 Å². The third-order valence-corrected chi connectivity index (χ3v) is 6.03. The number of nitro benzene ring substituents is 1. The molecule has 2 aliphatic rings. The third kappa shape index (κ3) is 6.09. The summed E-state index contributed by atoms with van der Waals surface area (Å²) in [7, 11) is 0. The zero-order chi connectivity index (χ0) is 23.9. The lowest BCUT2D eigenvalue weighted by Crippen LogP contribution is -2.41. The van der Waals surface area contributed by atoms with Crippen LogP contribution < -0.4 is 15.5 Å². The van der Waals surface area contributed by atoms with Crippen molar-refractivity contribution in [2.75, 3.05) is 61.5 Å². The maximum Gasteiger partial charge on any atom is 0.270 e. The fourth-order valence-corrected chi connectivity index (χ4v) is 4.23. The van der Waals surface area contributed by atoms with Crippen LogP contribution in [0.25, 0.3) is 0 Å². The number of piperidine rings is 1. The molecule has 0 radical (unpaired) electrons. The number of nitro groups is 1. The topological polar surface area (TPSA) is 117 Å². The van der Waals surface area contributed by atoms with Crippen molar-refractivity contribution in [3.63, 3.8) is 0 Å². The Balaban J connectivity index is 1.42. The number of nitrogens with zero attached hydrogens (tertiary/aromatic N) is 3. The molecule has 2 aliphatic heterocycles. The van der Waals surface area contributed by atoms with Crippen molar-refractivity contribution in [2.45, 2.75) is 19.3 Å². The Labute approximate surface area is 198 Å². The lowest BCUT2D eigenvalue weighted by Gasteiger charge is -2.30. The Morgan fingerprint density at radius 3 is 2.21 bits per heavy atom. The maximum atomic E-state index is 13.1. The van der Waals surface area contributed by atoms with Gasteiger partial charge in [0.2, 0.25) is 5.91 Å². The zero-order valence-corrected chi connectivity index (χ0v) is 19.0. The quantitative estimate of drug-likeness (QED) is 0.475. The summed E-state index contributed by atoms with van der Waals surface area (Å²) < 4.78 is 5.29. The van der Waals surface area contributed by atoms with E-state index in [0.29, 0.717) is 36.8 Å². The second-order valence-corrected chi connectivity index (χ2v) is 8.47. The number of hydrogen-bond acceptors (Lipinski definition) is 7. The van der Waals surface area contributed by atoms with Gasteiger partial charge in [0.25, 0.3) is 11.6 Å². The molecule has 2 aromatic rings. The van der Waals surface area contributed by atoms with Crippen LogP contribution in [0.2, 0.25) is 0 Å². The molecule has 10 heteroatoms. The molecule has 34 heavy (non-hydrogen) atoms. The van der Waals surface area contributed by atoms with Gasteiger partial charge in [-0.1, -0.05) is 0 Å². The van der Waals surface area contributed by atoms with E-state index in [9.17, 15) is 19.7 Å². The Hall–Kier alpha value is -3.50. The monoisotopic (exact) mass is 467 g/mol. The van der Waals surface area contributed by atoms with E-state index in [4.69, 9.17) is 4.74 Å². The zero-order valence-electron chi connectivity index (χ0n) is 19.0. The molecule has 2 aromatic carbocycles. The van der Waals surface area contributed by atoms with Gasteiger partial charge in [0.05, 0.1) is 35.9 Å². The molecule has 0 saturated carbocycles. The van der Waals surface area contributed by atoms with E-state index in [1.807, 2.05) is 4.90 Å². The van der Waals surface area contributed by atoms with E-state index in [-0.39, 0.29) is 17.2 Å². The first kappa shape index (κ1) is 23.7. The molecular formula is C24H29N5O5. The minimum Gasteiger partial charge on any atom is -0.379 e. The van der Waals surface area contributed by atoms with Crippen molar-refractivity contribution < 1.29 is 19.2 Å². The highest BCUT2D eigenvalue weighted by molar-refractivity contribution is 6.08. The number of non-ortho nitro benzene ring substituents is 1. The number of ether oxygens (including phenoxy) is 1. The van der Waals surface area contributed by atoms with Crippen molar-refractivity contribution in [1.82, 2.24) is 4.90 Å². The van der Waals surface area contributed by atoms with Crippen LogP contribution in [0.5, 0.6) is 0 Å². The molecule has 0 unspecified atom stereocenters. The molecule has 2 heterocycles. The van der Waals surface area contributed by atoms with E-state index in [1.54, 1.807) is 30.3 Å². The smallest absolute Gasteiger partial charge is 0.270 e. The first-order chi connectivity index (χ1) is 16.5. The van der Waals surface area contributed by atoms with Crippen molar-refractivity contribution in [2.24, 2.45) is 0 Å². The summed E-state index contributed by atoms with van der Waals surface area (Å²) in [5.74, 6) is -0.519. The summed E-state index contributed by atoms with van der Waals surface area (Å²) in [5.41, 5.74) is 2.02. The number of anilines is 3. The molecule has 4 rings (SSSR count). The molecule has 0 aromatic heterocycles.